The summed E-state index contributed by atoms with van der Waals surface area (Å²) < 4.78 is 7.42. The number of morpholine rings is 1. The number of amides is 1. The van der Waals surface area contributed by atoms with Crippen LogP contribution < -0.4 is 5.32 Å². The molecule has 1 atom stereocenters. The van der Waals surface area contributed by atoms with E-state index in [1.165, 1.54) is 0 Å². The largest absolute Gasteiger partial charge is 0.362 e. The molecule has 1 fully saturated rings. The van der Waals surface area contributed by atoms with Crippen LogP contribution in [0.4, 0.5) is 0 Å². The van der Waals surface area contributed by atoms with Crippen molar-refractivity contribution in [2.24, 2.45) is 0 Å². The Morgan fingerprint density at radius 3 is 2.73 bits per heavy atom. The van der Waals surface area contributed by atoms with Crippen molar-refractivity contribution >= 4 is 37.8 Å². The second-order valence-electron chi connectivity index (χ2n) is 3.28. The maximum absolute atomic E-state index is 10.9. The molecular formula is C10H9Br2NO2. The molecule has 0 aromatic heterocycles. The molecule has 0 aliphatic carbocycles. The summed E-state index contributed by atoms with van der Waals surface area (Å²) in [5.41, 5.74) is 1.06. The third-order valence-electron chi connectivity index (χ3n) is 2.22. The zero-order chi connectivity index (χ0) is 10.8. The van der Waals surface area contributed by atoms with Gasteiger partial charge in [-0.25, -0.2) is 0 Å². The zero-order valence-electron chi connectivity index (χ0n) is 7.80. The number of rotatable bonds is 1. The SMILES string of the molecule is O=C1COC(c2ccc(Br)c(Br)c2)CN1. The maximum atomic E-state index is 10.9. The molecule has 1 aliphatic heterocycles. The van der Waals surface area contributed by atoms with Gasteiger partial charge in [-0.3, -0.25) is 4.79 Å². The van der Waals surface area contributed by atoms with Gasteiger partial charge in [0.15, 0.2) is 0 Å². The van der Waals surface area contributed by atoms with Crippen LogP contribution >= 0.6 is 31.9 Å². The van der Waals surface area contributed by atoms with Crippen molar-refractivity contribution in [3.63, 3.8) is 0 Å². The molecule has 0 bridgehead atoms. The van der Waals surface area contributed by atoms with Gasteiger partial charge in [0.1, 0.15) is 12.7 Å². The second kappa shape index (κ2) is 4.63. The topological polar surface area (TPSA) is 38.3 Å². The van der Waals surface area contributed by atoms with E-state index in [1.54, 1.807) is 0 Å². The maximum Gasteiger partial charge on any atom is 0.246 e. The first kappa shape index (κ1) is 11.1. The number of ether oxygens (including phenoxy) is 1. The van der Waals surface area contributed by atoms with E-state index in [9.17, 15) is 4.79 Å². The number of hydrogen-bond donors (Lipinski definition) is 1. The number of carbonyl (C=O) groups is 1. The Morgan fingerprint density at radius 1 is 1.33 bits per heavy atom. The molecule has 2 rings (SSSR count). The van der Waals surface area contributed by atoms with Crippen molar-refractivity contribution in [2.45, 2.75) is 6.10 Å². The first-order chi connectivity index (χ1) is 7.16. The van der Waals surface area contributed by atoms with Gasteiger partial charge in [-0.1, -0.05) is 6.07 Å². The van der Waals surface area contributed by atoms with Crippen molar-refractivity contribution in [2.75, 3.05) is 13.2 Å². The summed E-state index contributed by atoms with van der Waals surface area (Å²) >= 11 is 6.84. The van der Waals surface area contributed by atoms with Gasteiger partial charge in [0.25, 0.3) is 0 Å². The Bertz CT molecular complexity index is 385. The average Bonchev–Trinajstić information content (AvgIpc) is 2.23. The number of nitrogens with one attached hydrogen (secondary N) is 1. The average molecular weight is 335 g/mol. The van der Waals surface area contributed by atoms with Crippen LogP contribution in [-0.4, -0.2) is 19.1 Å². The summed E-state index contributed by atoms with van der Waals surface area (Å²) in [4.78, 5) is 10.9. The molecular weight excluding hydrogens is 326 g/mol. The van der Waals surface area contributed by atoms with Gasteiger partial charge in [-0.05, 0) is 49.6 Å². The first-order valence-corrected chi connectivity index (χ1v) is 6.08. The molecule has 0 saturated carbocycles. The van der Waals surface area contributed by atoms with E-state index in [2.05, 4.69) is 37.2 Å². The highest BCUT2D eigenvalue weighted by molar-refractivity contribution is 9.13. The van der Waals surface area contributed by atoms with Crippen LogP contribution in [0.15, 0.2) is 27.1 Å². The van der Waals surface area contributed by atoms with Crippen LogP contribution in [0.25, 0.3) is 0 Å². The lowest BCUT2D eigenvalue weighted by Gasteiger charge is -2.23. The Kier molecular flexibility index (Phi) is 3.43. The van der Waals surface area contributed by atoms with Gasteiger partial charge in [0.05, 0.1) is 0 Å². The first-order valence-electron chi connectivity index (χ1n) is 4.50. The van der Waals surface area contributed by atoms with E-state index in [1.807, 2.05) is 18.2 Å². The molecule has 1 saturated heterocycles. The number of halogens is 2. The molecule has 80 valence electrons. The summed E-state index contributed by atoms with van der Waals surface area (Å²) in [6.45, 7) is 0.672. The molecule has 1 unspecified atom stereocenters. The number of carbonyl (C=O) groups excluding carboxylic acids is 1. The van der Waals surface area contributed by atoms with Gasteiger partial charge in [-0.15, -0.1) is 0 Å². The normalized spacial score (nSPS) is 21.2. The molecule has 1 aromatic rings. The molecule has 15 heavy (non-hydrogen) atoms. The third-order valence-corrected chi connectivity index (χ3v) is 4.10. The molecule has 3 nitrogen and oxygen atoms in total. The molecule has 0 radical (unpaired) electrons. The van der Waals surface area contributed by atoms with E-state index in [0.717, 1.165) is 14.5 Å². The highest BCUT2D eigenvalue weighted by Gasteiger charge is 2.20. The number of benzene rings is 1. The van der Waals surface area contributed by atoms with Crippen LogP contribution in [0.1, 0.15) is 11.7 Å². The van der Waals surface area contributed by atoms with Crippen LogP contribution in [0.5, 0.6) is 0 Å². The van der Waals surface area contributed by atoms with Gasteiger partial charge >= 0.3 is 0 Å². The van der Waals surface area contributed by atoms with Gasteiger partial charge in [0, 0.05) is 15.5 Å². The summed E-state index contributed by atoms with van der Waals surface area (Å²) in [7, 11) is 0. The molecule has 1 aromatic carbocycles. The molecule has 5 heteroatoms. The lowest BCUT2D eigenvalue weighted by molar-refractivity contribution is -0.133. The van der Waals surface area contributed by atoms with Gasteiger partial charge < -0.3 is 10.1 Å². The summed E-state index contributed by atoms with van der Waals surface area (Å²) in [6.07, 6.45) is -0.0490. The summed E-state index contributed by atoms with van der Waals surface area (Å²) in [6, 6.07) is 5.93. The smallest absolute Gasteiger partial charge is 0.246 e. The van der Waals surface area contributed by atoms with E-state index in [4.69, 9.17) is 4.74 Å². The fourth-order valence-corrected chi connectivity index (χ4v) is 2.06. The van der Waals surface area contributed by atoms with Gasteiger partial charge in [-0.2, -0.15) is 0 Å². The standard InChI is InChI=1S/C10H9Br2NO2/c11-7-2-1-6(3-8(7)12)9-4-13-10(14)5-15-9/h1-3,9H,4-5H2,(H,13,14). The zero-order valence-corrected chi connectivity index (χ0v) is 11.0. The van der Waals surface area contributed by atoms with Crippen molar-refractivity contribution in [3.05, 3.63) is 32.7 Å². The van der Waals surface area contributed by atoms with Crippen molar-refractivity contribution in [1.29, 1.82) is 0 Å². The molecule has 1 N–H and O–H groups in total. The Balaban J connectivity index is 2.16. The third kappa shape index (κ3) is 2.59. The predicted octanol–water partition coefficient (Wildman–Crippen LogP) is 2.40. The van der Waals surface area contributed by atoms with Crippen molar-refractivity contribution in [3.8, 4) is 0 Å². The summed E-state index contributed by atoms with van der Waals surface area (Å²) in [5, 5.41) is 2.77. The van der Waals surface area contributed by atoms with E-state index in [0.29, 0.717) is 6.54 Å². The fraction of sp³-hybridized carbons (Fsp3) is 0.300. The van der Waals surface area contributed by atoms with Crippen LogP contribution in [0.3, 0.4) is 0 Å². The predicted molar refractivity (Wildman–Crippen MR) is 63.5 cm³/mol. The van der Waals surface area contributed by atoms with E-state index in [-0.39, 0.29) is 18.6 Å². The van der Waals surface area contributed by atoms with Crippen LogP contribution in [-0.2, 0) is 9.53 Å². The Morgan fingerprint density at radius 2 is 2.13 bits per heavy atom. The molecule has 1 heterocycles. The monoisotopic (exact) mass is 333 g/mol. The van der Waals surface area contributed by atoms with E-state index < -0.39 is 0 Å². The summed E-state index contributed by atoms with van der Waals surface area (Å²) in [5.74, 6) is -0.0533. The lowest BCUT2D eigenvalue weighted by Crippen LogP contribution is -2.38. The minimum Gasteiger partial charge on any atom is -0.362 e. The molecule has 1 aliphatic rings. The lowest BCUT2D eigenvalue weighted by atomic mass is 10.1. The minimum atomic E-state index is -0.0533. The molecule has 0 spiro atoms. The van der Waals surface area contributed by atoms with Gasteiger partial charge in [0.2, 0.25) is 5.91 Å². The highest BCUT2D eigenvalue weighted by Crippen LogP contribution is 2.28. The fourth-order valence-electron chi connectivity index (χ4n) is 1.42. The van der Waals surface area contributed by atoms with Crippen LogP contribution in [0.2, 0.25) is 0 Å². The van der Waals surface area contributed by atoms with E-state index >= 15 is 0 Å². The van der Waals surface area contributed by atoms with Crippen molar-refractivity contribution in [1.82, 2.24) is 5.32 Å². The Hall–Kier alpha value is -0.390. The molecule has 1 amide bonds. The van der Waals surface area contributed by atoms with Crippen molar-refractivity contribution < 1.29 is 9.53 Å². The number of hydrogen-bond acceptors (Lipinski definition) is 2. The van der Waals surface area contributed by atoms with Crippen LogP contribution in [0, 0.1) is 0 Å². The second-order valence-corrected chi connectivity index (χ2v) is 4.99. The quantitative estimate of drug-likeness (QED) is 0.856. The highest BCUT2D eigenvalue weighted by atomic mass is 79.9. The minimum absolute atomic E-state index is 0.0490. The Labute approximate surface area is 104 Å².